The van der Waals surface area contributed by atoms with Crippen molar-refractivity contribution in [3.8, 4) is 0 Å². The van der Waals surface area contributed by atoms with Gasteiger partial charge in [-0.25, -0.2) is 4.98 Å². The van der Waals surface area contributed by atoms with Crippen molar-refractivity contribution in [3.63, 3.8) is 0 Å². The van der Waals surface area contributed by atoms with Crippen LogP contribution in [0, 0.1) is 0 Å². The van der Waals surface area contributed by atoms with Gasteiger partial charge in [0.2, 0.25) is 0 Å². The van der Waals surface area contributed by atoms with E-state index in [4.69, 9.17) is 0 Å². The van der Waals surface area contributed by atoms with Gasteiger partial charge in [0.25, 0.3) is 10.2 Å². The first-order chi connectivity index (χ1) is 9.00. The molecule has 0 aromatic carbocycles. The van der Waals surface area contributed by atoms with Crippen LogP contribution in [0.25, 0.3) is 0 Å². The largest absolute Gasteiger partial charge is 0.336 e. The number of aromatic nitrogens is 2. The van der Waals surface area contributed by atoms with Crippen molar-refractivity contribution in [2.45, 2.75) is 6.54 Å². The lowest BCUT2D eigenvalue weighted by molar-refractivity contribution is 0.178. The second-order valence-corrected chi connectivity index (χ2v) is 6.97. The number of nitrogens with zero attached hydrogens (tertiary/aromatic N) is 5. The van der Waals surface area contributed by atoms with Gasteiger partial charge in [-0.15, -0.1) is 0 Å². The van der Waals surface area contributed by atoms with E-state index < -0.39 is 10.2 Å². The summed E-state index contributed by atoms with van der Waals surface area (Å²) in [6.07, 6.45) is 5.50. The minimum absolute atomic E-state index is 0.560. The normalized spacial score (nSPS) is 19.1. The molecule has 0 saturated carbocycles. The van der Waals surface area contributed by atoms with Crippen LogP contribution in [-0.4, -0.2) is 78.3 Å². The maximum Gasteiger partial charge on any atom is 0.281 e. The first-order valence-corrected chi connectivity index (χ1v) is 7.75. The highest BCUT2D eigenvalue weighted by atomic mass is 32.2. The Hall–Kier alpha value is -0.960. The van der Waals surface area contributed by atoms with Crippen LogP contribution in [-0.2, 0) is 16.8 Å². The second kappa shape index (κ2) is 6.00. The molecule has 0 unspecified atom stereocenters. The van der Waals surface area contributed by atoms with Crippen LogP contribution < -0.4 is 0 Å². The quantitative estimate of drug-likeness (QED) is 0.719. The monoisotopic (exact) mass is 287 g/mol. The van der Waals surface area contributed by atoms with Gasteiger partial charge in [-0.05, 0) is 0 Å². The molecule has 0 radical (unpaired) electrons. The summed E-state index contributed by atoms with van der Waals surface area (Å²) in [5.41, 5.74) is 0. The third-order valence-electron chi connectivity index (χ3n) is 3.35. The molecule has 108 valence electrons. The fourth-order valence-electron chi connectivity index (χ4n) is 2.09. The zero-order valence-corrected chi connectivity index (χ0v) is 12.3. The fourth-order valence-corrected chi connectivity index (χ4v) is 3.18. The van der Waals surface area contributed by atoms with Gasteiger partial charge < -0.3 is 4.57 Å². The number of hydrogen-bond acceptors (Lipinski definition) is 4. The van der Waals surface area contributed by atoms with Crippen LogP contribution in [0.3, 0.4) is 0 Å². The van der Waals surface area contributed by atoms with Gasteiger partial charge >= 0.3 is 0 Å². The number of imidazole rings is 1. The Morgan fingerprint density at radius 1 is 1.16 bits per heavy atom. The Balaban J connectivity index is 1.79. The summed E-state index contributed by atoms with van der Waals surface area (Å²) in [6.45, 7) is 4.49. The molecule has 1 saturated heterocycles. The summed E-state index contributed by atoms with van der Waals surface area (Å²) in [5.74, 6) is 0. The van der Waals surface area contributed by atoms with E-state index in [1.54, 1.807) is 30.9 Å². The van der Waals surface area contributed by atoms with E-state index in [0.717, 1.165) is 26.2 Å². The van der Waals surface area contributed by atoms with E-state index in [2.05, 4.69) is 9.88 Å². The lowest BCUT2D eigenvalue weighted by Gasteiger charge is -2.35. The zero-order chi connectivity index (χ0) is 13.9. The highest BCUT2D eigenvalue weighted by Crippen LogP contribution is 2.09. The molecule has 0 aliphatic carbocycles. The van der Waals surface area contributed by atoms with E-state index in [0.29, 0.717) is 13.1 Å². The maximum atomic E-state index is 12.0. The molecule has 1 aromatic heterocycles. The third kappa shape index (κ3) is 3.53. The van der Waals surface area contributed by atoms with Crippen molar-refractivity contribution >= 4 is 10.2 Å². The lowest BCUT2D eigenvalue weighted by Crippen LogP contribution is -2.52. The van der Waals surface area contributed by atoms with Crippen molar-refractivity contribution in [2.24, 2.45) is 0 Å². The van der Waals surface area contributed by atoms with Crippen molar-refractivity contribution < 1.29 is 8.42 Å². The molecule has 7 nitrogen and oxygen atoms in total. The van der Waals surface area contributed by atoms with Crippen molar-refractivity contribution in [1.82, 2.24) is 23.1 Å². The Labute approximate surface area is 114 Å². The summed E-state index contributed by atoms with van der Waals surface area (Å²) in [4.78, 5) is 6.28. The molecule has 19 heavy (non-hydrogen) atoms. The molecule has 1 aliphatic heterocycles. The first kappa shape index (κ1) is 14.4. The number of piperazine rings is 1. The molecule has 8 heteroatoms. The molecule has 1 fully saturated rings. The van der Waals surface area contributed by atoms with E-state index in [1.807, 2.05) is 10.8 Å². The Kier molecular flexibility index (Phi) is 4.56. The van der Waals surface area contributed by atoms with Gasteiger partial charge in [-0.2, -0.15) is 17.0 Å². The molecule has 1 aromatic rings. The van der Waals surface area contributed by atoms with E-state index in [9.17, 15) is 8.42 Å². The topological polar surface area (TPSA) is 61.7 Å². The average molecular weight is 287 g/mol. The Morgan fingerprint density at radius 2 is 1.84 bits per heavy atom. The SMILES string of the molecule is CN(C)S(=O)(=O)N1CCN(CCn2ccnc2)CC1. The molecule has 0 bridgehead atoms. The minimum Gasteiger partial charge on any atom is -0.336 e. The molecule has 0 atom stereocenters. The number of hydrogen-bond donors (Lipinski definition) is 0. The van der Waals surface area contributed by atoms with Crippen LogP contribution in [0.15, 0.2) is 18.7 Å². The van der Waals surface area contributed by atoms with Gasteiger partial charge in [0, 0.05) is 65.8 Å². The summed E-state index contributed by atoms with van der Waals surface area (Å²) >= 11 is 0. The molecule has 2 rings (SSSR count). The van der Waals surface area contributed by atoms with Gasteiger partial charge in [0.05, 0.1) is 6.33 Å². The summed E-state index contributed by atoms with van der Waals surface area (Å²) in [6, 6.07) is 0. The van der Waals surface area contributed by atoms with Crippen molar-refractivity contribution in [1.29, 1.82) is 0 Å². The van der Waals surface area contributed by atoms with Gasteiger partial charge in [-0.3, -0.25) is 4.90 Å². The second-order valence-electron chi connectivity index (χ2n) is 4.83. The summed E-state index contributed by atoms with van der Waals surface area (Å²) < 4.78 is 28.8. The average Bonchev–Trinajstić information content (AvgIpc) is 2.90. The van der Waals surface area contributed by atoms with Crippen LogP contribution in [0.5, 0.6) is 0 Å². The summed E-state index contributed by atoms with van der Waals surface area (Å²) in [5, 5.41) is 0. The Bertz CT molecular complexity index is 477. The molecular weight excluding hydrogens is 266 g/mol. The van der Waals surface area contributed by atoms with Crippen LogP contribution >= 0.6 is 0 Å². The molecule has 0 N–H and O–H groups in total. The number of rotatable bonds is 5. The predicted molar refractivity (Wildman–Crippen MR) is 72.8 cm³/mol. The van der Waals surface area contributed by atoms with Gasteiger partial charge in [0.15, 0.2) is 0 Å². The predicted octanol–water partition coefficient (Wildman–Crippen LogP) is -0.693. The third-order valence-corrected chi connectivity index (χ3v) is 5.29. The molecule has 0 spiro atoms. The molecule has 2 heterocycles. The molecule has 0 amide bonds. The molecule has 1 aliphatic rings. The van der Waals surface area contributed by atoms with Crippen molar-refractivity contribution in [3.05, 3.63) is 18.7 Å². The lowest BCUT2D eigenvalue weighted by atomic mass is 10.3. The Morgan fingerprint density at radius 3 is 2.37 bits per heavy atom. The standard InChI is InChI=1S/C11H21N5O2S/c1-13(2)19(17,18)16-9-7-14(8-10-16)5-6-15-4-3-12-11-15/h3-4,11H,5-10H2,1-2H3. The first-order valence-electron chi connectivity index (χ1n) is 6.36. The van der Waals surface area contributed by atoms with Crippen LogP contribution in [0.2, 0.25) is 0 Å². The maximum absolute atomic E-state index is 12.0. The highest BCUT2D eigenvalue weighted by molar-refractivity contribution is 7.86. The van der Waals surface area contributed by atoms with E-state index in [1.165, 1.54) is 4.31 Å². The van der Waals surface area contributed by atoms with Crippen LogP contribution in [0.4, 0.5) is 0 Å². The zero-order valence-electron chi connectivity index (χ0n) is 11.4. The summed E-state index contributed by atoms with van der Waals surface area (Å²) in [7, 11) is -0.116. The minimum atomic E-state index is -3.26. The highest BCUT2D eigenvalue weighted by Gasteiger charge is 2.28. The van der Waals surface area contributed by atoms with E-state index in [-0.39, 0.29) is 0 Å². The van der Waals surface area contributed by atoms with Gasteiger partial charge in [-0.1, -0.05) is 0 Å². The van der Waals surface area contributed by atoms with Gasteiger partial charge in [0.1, 0.15) is 0 Å². The molecular formula is C11H21N5O2S. The van der Waals surface area contributed by atoms with Crippen molar-refractivity contribution in [2.75, 3.05) is 46.8 Å². The van der Waals surface area contributed by atoms with Crippen LogP contribution in [0.1, 0.15) is 0 Å². The smallest absolute Gasteiger partial charge is 0.281 e. The fraction of sp³-hybridized carbons (Fsp3) is 0.727. The van der Waals surface area contributed by atoms with E-state index >= 15 is 0 Å².